The predicted molar refractivity (Wildman–Crippen MR) is 242 cm³/mol. The summed E-state index contributed by atoms with van der Waals surface area (Å²) >= 11 is 0. The molecule has 416 valence electrons. The molecule has 0 radical (unpaired) electrons. The number of unbranched alkanes of at least 4 members (excludes halogenated alkanes) is 8. The highest BCUT2D eigenvalue weighted by Gasteiger charge is 2.56. The summed E-state index contributed by atoms with van der Waals surface area (Å²) in [4.78, 5) is 10.8. The number of aliphatic hydroxyl groups excluding tert-OH is 11. The lowest BCUT2D eigenvalue weighted by Crippen LogP contribution is -2.67. The van der Waals surface area contributed by atoms with E-state index < -0.39 is 166 Å². The zero-order chi connectivity index (χ0) is 52.3. The molecule has 0 aromatic carbocycles. The summed E-state index contributed by atoms with van der Waals surface area (Å²) in [6.07, 6.45) is -27.2. The summed E-state index contributed by atoms with van der Waals surface area (Å²) < 4.78 is 66.1. The first-order valence-electron chi connectivity index (χ1n) is 25.4. The summed E-state index contributed by atoms with van der Waals surface area (Å²) in [5.74, 6) is -0.791. The van der Waals surface area contributed by atoms with Gasteiger partial charge in [0.2, 0.25) is 0 Å². The number of carboxylic acid groups (broad SMARTS) is 1. The average Bonchev–Trinajstić information content (AvgIpc) is 3.33. The van der Waals surface area contributed by atoms with Crippen LogP contribution in [0.25, 0.3) is 0 Å². The fourth-order valence-corrected chi connectivity index (χ4v) is 9.79. The van der Waals surface area contributed by atoms with E-state index in [9.17, 15) is 61.0 Å². The number of rotatable bonds is 26. The molecule has 12 N–H and O–H groups in total. The molecular weight excluding hydrogens is 948 g/mol. The number of aliphatic hydroxyl groups is 11. The summed E-state index contributed by atoms with van der Waals surface area (Å²) in [5, 5.41) is 129. The first-order valence-corrected chi connectivity index (χ1v) is 25.4. The van der Waals surface area contributed by atoms with E-state index >= 15 is 0 Å². The fraction of sp³-hybridized carbons (Fsp3) is 0.979. The molecule has 0 bridgehead atoms. The van der Waals surface area contributed by atoms with Gasteiger partial charge in [-0.05, 0) is 47.0 Å². The van der Waals surface area contributed by atoms with Gasteiger partial charge in [0.1, 0.15) is 97.7 Å². The van der Waals surface area contributed by atoms with Gasteiger partial charge in [-0.2, -0.15) is 0 Å². The molecule has 24 nitrogen and oxygen atoms in total. The van der Waals surface area contributed by atoms with Crippen molar-refractivity contribution < 1.29 is 118 Å². The third kappa shape index (κ3) is 15.6. The van der Waals surface area contributed by atoms with Crippen LogP contribution in [0.15, 0.2) is 0 Å². The van der Waals surface area contributed by atoms with Gasteiger partial charge in [-0.15, -0.1) is 0 Å². The highest BCUT2D eigenvalue weighted by Crippen LogP contribution is 2.37. The second-order valence-electron chi connectivity index (χ2n) is 19.7. The lowest BCUT2D eigenvalue weighted by molar-refractivity contribution is -0.400. The Morgan fingerprint density at radius 2 is 0.901 bits per heavy atom. The number of ether oxygens (including phenoxy) is 11. The van der Waals surface area contributed by atoms with E-state index in [1.807, 2.05) is 0 Å². The van der Waals surface area contributed by atoms with E-state index in [2.05, 4.69) is 6.92 Å². The zero-order valence-corrected chi connectivity index (χ0v) is 41.7. The van der Waals surface area contributed by atoms with Crippen molar-refractivity contribution in [2.45, 2.75) is 278 Å². The van der Waals surface area contributed by atoms with Crippen LogP contribution in [0, 0.1) is 0 Å². The van der Waals surface area contributed by atoms with Crippen LogP contribution in [-0.4, -0.2) is 241 Å². The molecule has 0 spiro atoms. The third-order valence-corrected chi connectivity index (χ3v) is 14.3. The lowest BCUT2D eigenvalue weighted by Gasteiger charge is -2.50. The van der Waals surface area contributed by atoms with Crippen molar-refractivity contribution in [3.8, 4) is 0 Å². The van der Waals surface area contributed by atoms with E-state index in [0.717, 1.165) is 57.8 Å². The van der Waals surface area contributed by atoms with Crippen LogP contribution in [-0.2, 0) is 56.9 Å². The highest BCUT2D eigenvalue weighted by molar-refractivity contribution is 5.66. The lowest BCUT2D eigenvalue weighted by atomic mass is 9.95. The molecular formula is C47H84O24. The van der Waals surface area contributed by atoms with Crippen molar-refractivity contribution >= 4 is 5.97 Å². The minimum atomic E-state index is -1.90. The molecule has 71 heavy (non-hydrogen) atoms. The molecule has 5 fully saturated rings. The monoisotopic (exact) mass is 1030 g/mol. The number of hydrogen-bond acceptors (Lipinski definition) is 23. The van der Waals surface area contributed by atoms with Crippen LogP contribution in [0.3, 0.4) is 0 Å². The van der Waals surface area contributed by atoms with Gasteiger partial charge in [-0.1, -0.05) is 64.7 Å². The maximum absolute atomic E-state index is 12.0. The second kappa shape index (κ2) is 28.6. The van der Waals surface area contributed by atoms with E-state index in [4.69, 9.17) is 57.2 Å². The van der Waals surface area contributed by atoms with Gasteiger partial charge in [-0.25, -0.2) is 0 Å². The van der Waals surface area contributed by atoms with Crippen LogP contribution in [0.5, 0.6) is 0 Å². The van der Waals surface area contributed by atoms with Gasteiger partial charge in [-0.3, -0.25) is 4.79 Å². The van der Waals surface area contributed by atoms with Crippen LogP contribution in [0.1, 0.15) is 118 Å². The van der Waals surface area contributed by atoms with E-state index in [1.54, 1.807) is 6.92 Å². The molecule has 5 saturated heterocycles. The van der Waals surface area contributed by atoms with E-state index in [-0.39, 0.29) is 12.5 Å². The molecule has 0 saturated carbocycles. The predicted octanol–water partition coefficient (Wildman–Crippen LogP) is -1.59. The molecule has 0 aliphatic carbocycles. The SMILES string of the molecule is CCCCC[C@@H](CCCCCCCCCC(=O)O)O[C@@H]1O[C@H](C)[C@H](O)[C@H](O)[C@H]1O[C@@H]1O[C@@H](C)[C@H](O[C@@H]2O[C@@H](C)[C@H](O[C@@H]3O[C@@H](C)[C@H](O)[C@@H](O)[C@H]3O)[C@@H](O[C@@H]3O[C@H](CO)[C@@H](O)[C@H](O)[C@H]3OC)[C@H]2O)[C@@H](O)[C@H]1O. The Labute approximate surface area is 414 Å². The molecule has 24 heteroatoms. The van der Waals surface area contributed by atoms with Crippen LogP contribution in [0.4, 0.5) is 0 Å². The summed E-state index contributed by atoms with van der Waals surface area (Å²) in [7, 11) is 1.20. The van der Waals surface area contributed by atoms with Gasteiger partial charge in [0.15, 0.2) is 31.5 Å². The number of hydrogen-bond donors (Lipinski definition) is 12. The molecule has 0 aromatic rings. The van der Waals surface area contributed by atoms with Crippen molar-refractivity contribution in [1.82, 2.24) is 0 Å². The van der Waals surface area contributed by atoms with E-state index in [1.165, 1.54) is 27.9 Å². The van der Waals surface area contributed by atoms with Gasteiger partial charge >= 0.3 is 5.97 Å². The highest BCUT2D eigenvalue weighted by atomic mass is 16.8. The molecule has 0 amide bonds. The van der Waals surface area contributed by atoms with Crippen molar-refractivity contribution in [2.75, 3.05) is 13.7 Å². The molecule has 5 rings (SSSR count). The zero-order valence-electron chi connectivity index (χ0n) is 41.7. The van der Waals surface area contributed by atoms with Crippen LogP contribution >= 0.6 is 0 Å². The Bertz CT molecular complexity index is 1540. The first kappa shape index (κ1) is 60.5. The third-order valence-electron chi connectivity index (χ3n) is 14.3. The van der Waals surface area contributed by atoms with Gasteiger partial charge in [0, 0.05) is 13.5 Å². The Morgan fingerprint density at radius 3 is 1.49 bits per heavy atom. The number of carbonyl (C=O) groups is 1. The summed E-state index contributed by atoms with van der Waals surface area (Å²) in [6.45, 7) is 7.31. The maximum Gasteiger partial charge on any atom is 0.303 e. The summed E-state index contributed by atoms with van der Waals surface area (Å²) in [5.41, 5.74) is 0. The maximum atomic E-state index is 12.0. The van der Waals surface area contributed by atoms with Gasteiger partial charge < -0.3 is 113 Å². The molecule has 5 heterocycles. The normalized spacial score (nSPS) is 44.9. The standard InChI is InChI=1S/C47H84O24/c1-7-8-14-17-25(18-15-12-10-9-11-13-16-19-27(49)50)66-47-42(32(55)29(52)22(3)63-47)71-44-36(59)34(57)38(23(4)64-44)68-45-37(60)40(70-46-41(61-6)33(56)30(53)26(20-48)67-46)39(24(5)65-45)69-43-35(58)31(54)28(51)21(2)62-43/h21-26,28-48,51-60H,7-20H2,1-6H3,(H,49,50)/t21-,22+,23-,24-,25-,26+,28-,29-,30+,31+,32-,33-,34-,35+,36+,37+,38-,39-,40-,41+,42+,43-,44-,45-,46-,47-/m0/s1. The fourth-order valence-electron chi connectivity index (χ4n) is 9.79. The Balaban J connectivity index is 1.28. The second-order valence-corrected chi connectivity index (χ2v) is 19.7. The van der Waals surface area contributed by atoms with Crippen molar-refractivity contribution in [3.63, 3.8) is 0 Å². The molecule has 26 atom stereocenters. The molecule has 0 unspecified atom stereocenters. The van der Waals surface area contributed by atoms with Crippen molar-refractivity contribution in [3.05, 3.63) is 0 Å². The van der Waals surface area contributed by atoms with Crippen molar-refractivity contribution in [2.24, 2.45) is 0 Å². The quantitative estimate of drug-likeness (QED) is 0.0435. The minimum Gasteiger partial charge on any atom is -0.481 e. The first-order chi connectivity index (χ1) is 33.7. The van der Waals surface area contributed by atoms with Crippen LogP contribution < -0.4 is 0 Å². The number of aliphatic carboxylic acids is 1. The topological polar surface area (TPSA) is 361 Å². The van der Waals surface area contributed by atoms with Gasteiger partial charge in [0.05, 0.1) is 37.1 Å². The minimum absolute atomic E-state index is 0.168. The van der Waals surface area contributed by atoms with Crippen molar-refractivity contribution in [1.29, 1.82) is 0 Å². The molecule has 0 aromatic heterocycles. The largest absolute Gasteiger partial charge is 0.481 e. The number of methoxy groups -OCH3 is 1. The number of carboxylic acids is 1. The summed E-state index contributed by atoms with van der Waals surface area (Å²) in [6, 6.07) is 0. The van der Waals surface area contributed by atoms with E-state index in [0.29, 0.717) is 19.3 Å². The van der Waals surface area contributed by atoms with Gasteiger partial charge in [0.25, 0.3) is 0 Å². The Morgan fingerprint density at radius 1 is 0.451 bits per heavy atom. The smallest absolute Gasteiger partial charge is 0.303 e. The Hall–Kier alpha value is -1.41. The Kier molecular flexibility index (Phi) is 24.4. The molecule has 5 aliphatic heterocycles. The average molecular weight is 1030 g/mol. The molecule has 5 aliphatic rings. The van der Waals surface area contributed by atoms with Crippen LogP contribution in [0.2, 0.25) is 0 Å².